The van der Waals surface area contributed by atoms with E-state index in [9.17, 15) is 13.2 Å². The molecule has 174 valence electrons. The zero-order chi connectivity index (χ0) is 23.5. The molecule has 2 amide bonds. The van der Waals surface area contributed by atoms with Crippen LogP contribution in [0.15, 0.2) is 30.3 Å². The maximum Gasteiger partial charge on any atom is 0.319 e. The summed E-state index contributed by atoms with van der Waals surface area (Å²) in [7, 11) is -3.26. The number of aromatic nitrogens is 2. The molecule has 2 N–H and O–H groups in total. The van der Waals surface area contributed by atoms with Gasteiger partial charge in [0.15, 0.2) is 15.7 Å². The topological polar surface area (TPSA) is 114 Å². The number of urea groups is 1. The summed E-state index contributed by atoms with van der Waals surface area (Å²) in [5.41, 5.74) is 1.46. The highest BCUT2D eigenvalue weighted by Crippen LogP contribution is 2.25. The maximum absolute atomic E-state index is 12.1. The molecule has 0 aliphatic carbocycles. The molecule has 1 aromatic heterocycles. The van der Waals surface area contributed by atoms with Gasteiger partial charge in [0.2, 0.25) is 0 Å². The molecule has 3 rings (SSSR count). The first-order valence-corrected chi connectivity index (χ1v) is 12.6. The van der Waals surface area contributed by atoms with E-state index in [1.165, 1.54) is 6.26 Å². The summed E-state index contributed by atoms with van der Waals surface area (Å²) in [4.78, 5) is 23.4. The second-order valence-corrected chi connectivity index (χ2v) is 11.3. The lowest BCUT2D eigenvalue weighted by atomic mass is 10.1. The van der Waals surface area contributed by atoms with E-state index in [0.29, 0.717) is 42.8 Å². The van der Waals surface area contributed by atoms with Crippen molar-refractivity contribution in [3.8, 4) is 11.4 Å². The third kappa shape index (κ3) is 6.89. The maximum atomic E-state index is 12.1. The van der Waals surface area contributed by atoms with Gasteiger partial charge in [0.1, 0.15) is 5.82 Å². The molecule has 1 aliphatic rings. The van der Waals surface area contributed by atoms with Gasteiger partial charge in [-0.25, -0.2) is 23.2 Å². The Bertz CT molecular complexity index is 1060. The van der Waals surface area contributed by atoms with Crippen molar-refractivity contribution < 1.29 is 17.9 Å². The minimum absolute atomic E-state index is 0.116. The van der Waals surface area contributed by atoms with Gasteiger partial charge >= 0.3 is 6.03 Å². The van der Waals surface area contributed by atoms with Crippen molar-refractivity contribution in [3.05, 3.63) is 36.0 Å². The molecule has 0 bridgehead atoms. The summed E-state index contributed by atoms with van der Waals surface area (Å²) in [6.07, 6.45) is 1.19. The van der Waals surface area contributed by atoms with Crippen LogP contribution in [0, 0.1) is 0 Å². The summed E-state index contributed by atoms with van der Waals surface area (Å²) < 4.78 is 29.3. The van der Waals surface area contributed by atoms with Crippen molar-refractivity contribution in [2.24, 2.45) is 0 Å². The standard InChI is InChI=1S/C22H31N5O4S/c1-15-13-31-11-10-27(15)19-12-18(14-32(5,29)30)23-20(25-19)16-6-8-17(9-7-16)24-21(28)26-22(2,3)4/h6-9,12,15H,10-11,13-14H2,1-5H3,(H2,24,26,28)/t15-/m0/s1. The van der Waals surface area contributed by atoms with E-state index in [-0.39, 0.29) is 23.4 Å². The number of ether oxygens (including phenoxy) is 1. The third-order valence-corrected chi connectivity index (χ3v) is 5.55. The van der Waals surface area contributed by atoms with Crippen LogP contribution < -0.4 is 15.5 Å². The molecular weight excluding hydrogens is 430 g/mol. The number of carbonyl (C=O) groups excluding carboxylic acids is 1. The fourth-order valence-electron chi connectivity index (χ4n) is 3.37. The number of hydrogen-bond donors (Lipinski definition) is 2. The zero-order valence-corrected chi connectivity index (χ0v) is 20.0. The molecule has 9 nitrogen and oxygen atoms in total. The van der Waals surface area contributed by atoms with Crippen LogP contribution in [0.1, 0.15) is 33.4 Å². The molecule has 1 aromatic carbocycles. The van der Waals surface area contributed by atoms with Crippen molar-refractivity contribution in [2.45, 2.75) is 45.0 Å². The molecule has 1 saturated heterocycles. The Morgan fingerprint density at radius 3 is 2.50 bits per heavy atom. The van der Waals surface area contributed by atoms with Crippen LogP contribution in [0.5, 0.6) is 0 Å². The Hall–Kier alpha value is -2.72. The number of rotatable bonds is 5. The average Bonchev–Trinajstić information content (AvgIpc) is 2.66. The first-order valence-electron chi connectivity index (χ1n) is 10.5. The molecular formula is C22H31N5O4S. The SMILES string of the molecule is C[C@H]1COCCN1c1cc(CS(C)(=O)=O)nc(-c2ccc(NC(=O)NC(C)(C)C)cc2)n1. The Balaban J connectivity index is 1.89. The van der Waals surface area contributed by atoms with Crippen LogP contribution in [0.2, 0.25) is 0 Å². The lowest BCUT2D eigenvalue weighted by molar-refractivity contribution is 0.0985. The number of sulfone groups is 1. The van der Waals surface area contributed by atoms with Gasteiger partial charge in [0.05, 0.1) is 30.7 Å². The monoisotopic (exact) mass is 461 g/mol. The van der Waals surface area contributed by atoms with Crippen LogP contribution in [-0.2, 0) is 20.3 Å². The van der Waals surface area contributed by atoms with Gasteiger partial charge in [-0.3, -0.25) is 0 Å². The van der Waals surface area contributed by atoms with Gasteiger partial charge in [0.25, 0.3) is 0 Å². The lowest BCUT2D eigenvalue weighted by Crippen LogP contribution is -2.44. The van der Waals surface area contributed by atoms with Crippen molar-refractivity contribution >= 4 is 27.4 Å². The van der Waals surface area contributed by atoms with E-state index < -0.39 is 9.84 Å². The Morgan fingerprint density at radius 1 is 1.22 bits per heavy atom. The second kappa shape index (κ2) is 9.41. The highest BCUT2D eigenvalue weighted by atomic mass is 32.2. The van der Waals surface area contributed by atoms with Gasteiger partial charge in [-0.05, 0) is 52.0 Å². The molecule has 0 saturated carbocycles. The predicted molar refractivity (Wildman–Crippen MR) is 126 cm³/mol. The van der Waals surface area contributed by atoms with E-state index in [4.69, 9.17) is 9.72 Å². The average molecular weight is 462 g/mol. The molecule has 10 heteroatoms. The summed E-state index contributed by atoms with van der Waals surface area (Å²) in [5, 5.41) is 5.64. The van der Waals surface area contributed by atoms with Crippen LogP contribution in [0.25, 0.3) is 11.4 Å². The van der Waals surface area contributed by atoms with Crippen molar-refractivity contribution in [3.63, 3.8) is 0 Å². The van der Waals surface area contributed by atoms with Gasteiger partial charge in [-0.1, -0.05) is 0 Å². The molecule has 0 unspecified atom stereocenters. The largest absolute Gasteiger partial charge is 0.377 e. The van der Waals surface area contributed by atoms with E-state index in [0.717, 1.165) is 5.56 Å². The summed E-state index contributed by atoms with van der Waals surface area (Å²) in [5.74, 6) is 0.947. The fraction of sp³-hybridized carbons (Fsp3) is 0.500. The fourth-order valence-corrected chi connectivity index (χ4v) is 4.06. The van der Waals surface area contributed by atoms with Crippen molar-refractivity contribution in [1.29, 1.82) is 0 Å². The van der Waals surface area contributed by atoms with Crippen LogP contribution >= 0.6 is 0 Å². The molecule has 32 heavy (non-hydrogen) atoms. The minimum Gasteiger partial charge on any atom is -0.377 e. The normalized spacial score (nSPS) is 17.2. The Labute approximate surface area is 189 Å². The number of nitrogens with zero attached hydrogens (tertiary/aromatic N) is 3. The number of anilines is 2. The number of nitrogens with one attached hydrogen (secondary N) is 2. The van der Waals surface area contributed by atoms with E-state index >= 15 is 0 Å². The Kier molecular flexibility index (Phi) is 7.04. The second-order valence-electron chi connectivity index (χ2n) is 9.13. The Morgan fingerprint density at radius 2 is 1.91 bits per heavy atom. The van der Waals surface area contributed by atoms with E-state index in [1.807, 2.05) is 27.7 Å². The van der Waals surface area contributed by atoms with E-state index in [2.05, 4.69) is 20.5 Å². The van der Waals surface area contributed by atoms with Crippen molar-refractivity contribution in [2.75, 3.05) is 36.2 Å². The van der Waals surface area contributed by atoms with Gasteiger partial charge in [-0.2, -0.15) is 0 Å². The molecule has 2 heterocycles. The zero-order valence-electron chi connectivity index (χ0n) is 19.2. The van der Waals surface area contributed by atoms with Crippen LogP contribution in [-0.4, -0.2) is 62.0 Å². The lowest BCUT2D eigenvalue weighted by Gasteiger charge is -2.34. The van der Waals surface area contributed by atoms with Gasteiger partial charge < -0.3 is 20.3 Å². The smallest absolute Gasteiger partial charge is 0.319 e. The van der Waals surface area contributed by atoms with Gasteiger partial charge in [-0.15, -0.1) is 0 Å². The van der Waals surface area contributed by atoms with Crippen LogP contribution in [0.3, 0.4) is 0 Å². The number of benzene rings is 1. The number of hydrogen-bond acceptors (Lipinski definition) is 7. The number of carbonyl (C=O) groups is 1. The summed E-state index contributed by atoms with van der Waals surface area (Å²) >= 11 is 0. The van der Waals surface area contributed by atoms with Crippen molar-refractivity contribution in [1.82, 2.24) is 15.3 Å². The quantitative estimate of drug-likeness (QED) is 0.704. The minimum atomic E-state index is -3.26. The van der Waals surface area contributed by atoms with Gasteiger partial charge in [0, 0.05) is 35.7 Å². The molecule has 1 fully saturated rings. The number of amides is 2. The molecule has 1 atom stereocenters. The summed E-state index contributed by atoms with van der Waals surface area (Å²) in [6.45, 7) is 9.60. The van der Waals surface area contributed by atoms with Crippen LogP contribution in [0.4, 0.5) is 16.3 Å². The molecule has 0 radical (unpaired) electrons. The molecule has 1 aliphatic heterocycles. The molecule has 2 aromatic rings. The number of morpholine rings is 1. The van der Waals surface area contributed by atoms with E-state index in [1.54, 1.807) is 30.3 Å². The first kappa shape index (κ1) is 23.9. The summed E-state index contributed by atoms with van der Waals surface area (Å²) in [6, 6.07) is 8.70. The highest BCUT2D eigenvalue weighted by Gasteiger charge is 2.22. The molecule has 0 spiro atoms. The highest BCUT2D eigenvalue weighted by molar-refractivity contribution is 7.89. The third-order valence-electron chi connectivity index (χ3n) is 4.73. The predicted octanol–water partition coefficient (Wildman–Crippen LogP) is 2.83. The first-order chi connectivity index (χ1) is 14.9.